The largest absolute Gasteiger partial charge is 0.334 e. The number of anilines is 1. The van der Waals surface area contributed by atoms with Gasteiger partial charge in [-0.1, -0.05) is 6.92 Å². The third-order valence-electron chi connectivity index (χ3n) is 3.37. The summed E-state index contributed by atoms with van der Waals surface area (Å²) in [5, 5.41) is 0.437. The minimum atomic E-state index is -0.0265. The number of hydrogen-bond acceptors (Lipinski definition) is 5. The molecule has 3 N–H and O–H groups in total. The van der Waals surface area contributed by atoms with Crippen molar-refractivity contribution in [1.82, 2.24) is 9.88 Å². The molecule has 0 aromatic carbocycles. The molecule has 1 saturated heterocycles. The first-order chi connectivity index (χ1) is 9.04. The first kappa shape index (κ1) is 14.6. The summed E-state index contributed by atoms with van der Waals surface area (Å²) >= 11 is 5.24. The molecule has 2 heterocycles. The molecule has 0 radical (unpaired) electrons. The molecule has 1 fully saturated rings. The fourth-order valence-corrected chi connectivity index (χ4v) is 3.52. The number of nitrogens with two attached hydrogens (primary N) is 1. The van der Waals surface area contributed by atoms with E-state index in [1.54, 1.807) is 12.3 Å². The van der Waals surface area contributed by atoms with E-state index in [9.17, 15) is 4.79 Å². The number of nitrogen functional groups attached to an aromatic ring is 1. The maximum Gasteiger partial charge on any atom is 0.257 e. The van der Waals surface area contributed by atoms with Crippen LogP contribution < -0.4 is 11.3 Å². The molecular weight excluding hydrogens is 328 g/mol. The van der Waals surface area contributed by atoms with Crippen LogP contribution in [0.15, 0.2) is 16.7 Å². The van der Waals surface area contributed by atoms with Crippen molar-refractivity contribution in [2.75, 3.05) is 17.7 Å². The molecule has 7 heteroatoms. The zero-order valence-electron chi connectivity index (χ0n) is 10.9. The van der Waals surface area contributed by atoms with Crippen LogP contribution in [0.3, 0.4) is 0 Å². The highest BCUT2D eigenvalue weighted by Gasteiger charge is 2.30. The molecule has 1 aromatic rings. The number of hydrogen-bond donors (Lipinski definition) is 2. The zero-order chi connectivity index (χ0) is 14.0. The Kier molecular flexibility index (Phi) is 4.70. The number of nitrogens with one attached hydrogen (secondary N) is 1. The molecule has 5 nitrogen and oxygen atoms in total. The third kappa shape index (κ3) is 3.04. The molecule has 2 unspecified atom stereocenters. The summed E-state index contributed by atoms with van der Waals surface area (Å²) in [5.74, 6) is 6.77. The minimum absolute atomic E-state index is 0.0265. The summed E-state index contributed by atoms with van der Waals surface area (Å²) in [5.41, 5.74) is 2.99. The van der Waals surface area contributed by atoms with E-state index in [4.69, 9.17) is 5.84 Å². The van der Waals surface area contributed by atoms with Gasteiger partial charge in [0.25, 0.3) is 5.91 Å². The molecular formula is C12H17BrN4OS. The SMILES string of the molecule is CC1SCCN(C(=O)c2cc(Br)cnc2NN)C1C. The minimum Gasteiger partial charge on any atom is -0.334 e. The van der Waals surface area contributed by atoms with Crippen LogP contribution in [0, 0.1) is 0 Å². The molecule has 1 aliphatic heterocycles. The van der Waals surface area contributed by atoms with E-state index in [1.807, 2.05) is 16.7 Å². The van der Waals surface area contributed by atoms with Gasteiger partial charge in [0.1, 0.15) is 0 Å². The van der Waals surface area contributed by atoms with Crippen molar-refractivity contribution in [2.24, 2.45) is 5.84 Å². The normalized spacial score (nSPS) is 23.3. The van der Waals surface area contributed by atoms with Crippen molar-refractivity contribution >= 4 is 39.4 Å². The van der Waals surface area contributed by atoms with Crippen LogP contribution >= 0.6 is 27.7 Å². The van der Waals surface area contributed by atoms with Crippen LogP contribution in [0.25, 0.3) is 0 Å². The van der Waals surface area contributed by atoms with Crippen LogP contribution in [-0.2, 0) is 0 Å². The lowest BCUT2D eigenvalue weighted by molar-refractivity contribution is 0.0698. The number of aromatic nitrogens is 1. The van der Waals surface area contributed by atoms with E-state index in [0.29, 0.717) is 16.6 Å². The number of rotatable bonds is 2. The second kappa shape index (κ2) is 6.11. The lowest BCUT2D eigenvalue weighted by atomic mass is 10.1. The number of thioether (sulfide) groups is 1. The number of pyridine rings is 1. The Bertz CT molecular complexity index is 485. The van der Waals surface area contributed by atoms with E-state index in [1.165, 1.54) is 0 Å². The predicted molar refractivity (Wildman–Crippen MR) is 82.2 cm³/mol. The second-order valence-corrected chi connectivity index (χ2v) is 6.91. The molecule has 1 amide bonds. The first-order valence-corrected chi connectivity index (χ1v) is 7.93. The number of nitrogens with zero attached hydrogens (tertiary/aromatic N) is 2. The Balaban J connectivity index is 2.30. The van der Waals surface area contributed by atoms with Gasteiger partial charge >= 0.3 is 0 Å². The highest BCUT2D eigenvalue weighted by atomic mass is 79.9. The molecule has 0 spiro atoms. The molecule has 0 aliphatic carbocycles. The van der Waals surface area contributed by atoms with Crippen molar-refractivity contribution in [3.63, 3.8) is 0 Å². The van der Waals surface area contributed by atoms with Gasteiger partial charge in [0, 0.05) is 34.3 Å². The molecule has 1 aromatic heterocycles. The molecule has 0 saturated carbocycles. The summed E-state index contributed by atoms with van der Waals surface area (Å²) in [6, 6.07) is 1.96. The van der Waals surface area contributed by atoms with Gasteiger partial charge in [0.15, 0.2) is 5.82 Å². The maximum atomic E-state index is 12.6. The van der Waals surface area contributed by atoms with E-state index in [2.05, 4.69) is 40.2 Å². The Morgan fingerprint density at radius 2 is 2.37 bits per heavy atom. The van der Waals surface area contributed by atoms with Gasteiger partial charge in [0.2, 0.25) is 0 Å². The summed E-state index contributed by atoms with van der Waals surface area (Å²) in [6.45, 7) is 4.98. The first-order valence-electron chi connectivity index (χ1n) is 6.09. The fraction of sp³-hybridized carbons (Fsp3) is 0.500. The summed E-state index contributed by atoms with van der Waals surface area (Å²) in [7, 11) is 0. The van der Waals surface area contributed by atoms with E-state index in [-0.39, 0.29) is 11.9 Å². The topological polar surface area (TPSA) is 71.2 Å². The molecule has 19 heavy (non-hydrogen) atoms. The van der Waals surface area contributed by atoms with Gasteiger partial charge in [-0.25, -0.2) is 10.8 Å². The summed E-state index contributed by atoms with van der Waals surface area (Å²) in [6.07, 6.45) is 1.62. The lowest BCUT2D eigenvalue weighted by Gasteiger charge is -2.37. The maximum absolute atomic E-state index is 12.6. The van der Waals surface area contributed by atoms with Crippen LogP contribution in [-0.4, -0.2) is 39.4 Å². The van der Waals surface area contributed by atoms with Gasteiger partial charge in [-0.3, -0.25) is 4.79 Å². The van der Waals surface area contributed by atoms with E-state index < -0.39 is 0 Å². The average Bonchev–Trinajstić information content (AvgIpc) is 2.41. The van der Waals surface area contributed by atoms with Crippen molar-refractivity contribution in [1.29, 1.82) is 0 Å². The third-order valence-corrected chi connectivity index (χ3v) is 5.14. The predicted octanol–water partition coefficient (Wildman–Crippen LogP) is 2.10. The highest BCUT2D eigenvalue weighted by molar-refractivity contribution is 9.10. The van der Waals surface area contributed by atoms with Crippen LogP contribution in [0.5, 0.6) is 0 Å². The second-order valence-electron chi connectivity index (χ2n) is 4.51. The number of amides is 1. The van der Waals surface area contributed by atoms with Crippen molar-refractivity contribution in [3.05, 3.63) is 22.3 Å². The Hall–Kier alpha value is -0.790. The van der Waals surface area contributed by atoms with Gasteiger partial charge < -0.3 is 10.3 Å². The smallest absolute Gasteiger partial charge is 0.257 e. The van der Waals surface area contributed by atoms with Crippen LogP contribution in [0.1, 0.15) is 24.2 Å². The molecule has 2 rings (SSSR count). The van der Waals surface area contributed by atoms with Gasteiger partial charge in [-0.15, -0.1) is 0 Å². The van der Waals surface area contributed by atoms with Crippen molar-refractivity contribution < 1.29 is 4.79 Å². The van der Waals surface area contributed by atoms with E-state index in [0.717, 1.165) is 16.8 Å². The Morgan fingerprint density at radius 1 is 1.63 bits per heavy atom. The Morgan fingerprint density at radius 3 is 3.05 bits per heavy atom. The number of carbonyl (C=O) groups excluding carboxylic acids is 1. The Labute approximate surface area is 125 Å². The number of carbonyl (C=O) groups is 1. The fourth-order valence-electron chi connectivity index (χ4n) is 2.09. The van der Waals surface area contributed by atoms with Gasteiger partial charge in [-0.05, 0) is 28.9 Å². The van der Waals surface area contributed by atoms with Crippen LogP contribution in [0.2, 0.25) is 0 Å². The van der Waals surface area contributed by atoms with E-state index >= 15 is 0 Å². The standard InChI is InChI=1S/C12H17BrN4OS/c1-7-8(2)19-4-3-17(7)12(18)10-5-9(13)6-15-11(10)16-14/h5-8H,3-4,14H2,1-2H3,(H,15,16). The summed E-state index contributed by atoms with van der Waals surface area (Å²) < 4.78 is 0.766. The van der Waals surface area contributed by atoms with Crippen molar-refractivity contribution in [2.45, 2.75) is 25.1 Å². The van der Waals surface area contributed by atoms with Crippen molar-refractivity contribution in [3.8, 4) is 0 Å². The average molecular weight is 345 g/mol. The summed E-state index contributed by atoms with van der Waals surface area (Å²) in [4.78, 5) is 18.7. The molecule has 1 aliphatic rings. The lowest BCUT2D eigenvalue weighted by Crippen LogP contribution is -2.48. The van der Waals surface area contributed by atoms with Crippen LogP contribution in [0.4, 0.5) is 5.82 Å². The monoisotopic (exact) mass is 344 g/mol. The molecule has 104 valence electrons. The highest BCUT2D eigenvalue weighted by Crippen LogP contribution is 2.27. The number of hydrazine groups is 1. The van der Waals surface area contributed by atoms with Gasteiger partial charge in [-0.2, -0.15) is 11.8 Å². The number of halogens is 1. The van der Waals surface area contributed by atoms with Gasteiger partial charge in [0.05, 0.1) is 5.56 Å². The quantitative estimate of drug-likeness (QED) is 0.634. The molecule has 0 bridgehead atoms. The molecule has 2 atom stereocenters. The zero-order valence-corrected chi connectivity index (χ0v) is 13.3.